The van der Waals surface area contributed by atoms with Crippen LogP contribution in [-0.4, -0.2) is 12.5 Å². The van der Waals surface area contributed by atoms with Gasteiger partial charge < -0.3 is 4.74 Å². The molecular formula is C15H20Cl2O. The van der Waals surface area contributed by atoms with Gasteiger partial charge in [0.15, 0.2) is 0 Å². The fraction of sp³-hybridized carbons (Fsp3) is 0.600. The number of benzene rings is 1. The van der Waals surface area contributed by atoms with Crippen LogP contribution in [0, 0.1) is 5.41 Å². The van der Waals surface area contributed by atoms with Gasteiger partial charge in [0, 0.05) is 17.3 Å². The van der Waals surface area contributed by atoms with Gasteiger partial charge in [-0.25, -0.2) is 0 Å². The summed E-state index contributed by atoms with van der Waals surface area (Å²) in [7, 11) is 0. The Morgan fingerprint density at radius 3 is 2.61 bits per heavy atom. The molecule has 0 aliphatic carbocycles. The molecule has 0 amide bonds. The number of rotatable bonds is 5. The summed E-state index contributed by atoms with van der Waals surface area (Å²) in [5, 5.41) is 0.810. The number of fused-ring (bicyclic) bond motifs is 1. The Morgan fingerprint density at radius 1 is 1.28 bits per heavy atom. The van der Waals surface area contributed by atoms with Crippen LogP contribution in [0.25, 0.3) is 0 Å². The molecule has 0 atom stereocenters. The zero-order valence-electron chi connectivity index (χ0n) is 11.1. The minimum Gasteiger partial charge on any atom is -0.493 e. The normalized spacial score (nSPS) is 14.4. The molecule has 0 radical (unpaired) electrons. The third-order valence-electron chi connectivity index (χ3n) is 4.17. The Labute approximate surface area is 119 Å². The highest BCUT2D eigenvalue weighted by atomic mass is 35.5. The third kappa shape index (κ3) is 2.62. The predicted octanol–water partition coefficient (Wildman–Crippen LogP) is 4.86. The van der Waals surface area contributed by atoms with E-state index in [1.807, 2.05) is 12.1 Å². The van der Waals surface area contributed by atoms with Crippen LogP contribution in [0.3, 0.4) is 0 Å². The zero-order valence-corrected chi connectivity index (χ0v) is 12.6. The molecule has 0 unspecified atom stereocenters. The fourth-order valence-electron chi connectivity index (χ4n) is 2.62. The van der Waals surface area contributed by atoms with Crippen LogP contribution in [0.15, 0.2) is 12.1 Å². The molecule has 1 heterocycles. The van der Waals surface area contributed by atoms with Gasteiger partial charge in [0.2, 0.25) is 0 Å². The summed E-state index contributed by atoms with van der Waals surface area (Å²) in [4.78, 5) is 0. The molecule has 18 heavy (non-hydrogen) atoms. The predicted molar refractivity (Wildman–Crippen MR) is 78.1 cm³/mol. The smallest absolute Gasteiger partial charge is 0.125 e. The molecule has 2 rings (SSSR count). The van der Waals surface area contributed by atoms with Gasteiger partial charge in [-0.05, 0) is 47.9 Å². The molecule has 1 nitrogen and oxygen atoms in total. The van der Waals surface area contributed by atoms with Crippen molar-refractivity contribution in [1.29, 1.82) is 0 Å². The SMILES string of the molecule is CCC(CC)(CCl)Cc1cc(Cl)cc2c1OCC2. The molecule has 1 aromatic carbocycles. The lowest BCUT2D eigenvalue weighted by atomic mass is 9.78. The second-order valence-electron chi connectivity index (χ2n) is 5.17. The van der Waals surface area contributed by atoms with E-state index in [9.17, 15) is 0 Å². The van der Waals surface area contributed by atoms with Crippen LogP contribution >= 0.6 is 23.2 Å². The molecule has 0 spiro atoms. The molecule has 1 aromatic rings. The largest absolute Gasteiger partial charge is 0.493 e. The van der Waals surface area contributed by atoms with Crippen LogP contribution < -0.4 is 4.74 Å². The van der Waals surface area contributed by atoms with Crippen LogP contribution in [0.4, 0.5) is 0 Å². The second kappa shape index (κ2) is 5.71. The molecule has 1 aliphatic heterocycles. The van der Waals surface area contributed by atoms with E-state index < -0.39 is 0 Å². The monoisotopic (exact) mass is 286 g/mol. The zero-order chi connectivity index (χ0) is 13.2. The molecule has 3 heteroatoms. The molecular weight excluding hydrogens is 267 g/mol. The maximum atomic E-state index is 6.20. The molecule has 0 saturated carbocycles. The summed E-state index contributed by atoms with van der Waals surface area (Å²) in [6, 6.07) is 4.06. The Kier molecular flexibility index (Phi) is 4.45. The first kappa shape index (κ1) is 14.0. The minimum absolute atomic E-state index is 0.159. The van der Waals surface area contributed by atoms with Gasteiger partial charge in [-0.2, -0.15) is 0 Å². The molecule has 1 aliphatic rings. The summed E-state index contributed by atoms with van der Waals surface area (Å²) in [5.41, 5.74) is 2.62. The lowest BCUT2D eigenvalue weighted by Gasteiger charge is -2.30. The van der Waals surface area contributed by atoms with Crippen molar-refractivity contribution in [2.75, 3.05) is 12.5 Å². The average molecular weight is 287 g/mol. The standard InChI is InChI=1S/C15H20Cl2O/c1-3-15(4-2,10-16)9-12-8-13(17)7-11-5-6-18-14(11)12/h7-8H,3-6,9-10H2,1-2H3. The van der Waals surface area contributed by atoms with Crippen molar-refractivity contribution in [3.63, 3.8) is 0 Å². The van der Waals surface area contributed by atoms with Gasteiger partial charge in [0.05, 0.1) is 6.61 Å². The van der Waals surface area contributed by atoms with E-state index in [0.717, 1.165) is 43.1 Å². The Hall–Kier alpha value is -0.400. The molecule has 0 bridgehead atoms. The van der Waals surface area contributed by atoms with Crippen molar-refractivity contribution in [3.8, 4) is 5.75 Å². The van der Waals surface area contributed by atoms with E-state index in [1.165, 1.54) is 11.1 Å². The highest BCUT2D eigenvalue weighted by molar-refractivity contribution is 6.30. The van der Waals surface area contributed by atoms with Crippen LogP contribution in [0.1, 0.15) is 37.8 Å². The van der Waals surface area contributed by atoms with Gasteiger partial charge in [0.25, 0.3) is 0 Å². The number of alkyl halides is 1. The van der Waals surface area contributed by atoms with E-state index in [2.05, 4.69) is 13.8 Å². The summed E-state index contributed by atoms with van der Waals surface area (Å²) in [6.07, 6.45) is 4.07. The average Bonchev–Trinajstić information content (AvgIpc) is 2.84. The van der Waals surface area contributed by atoms with Crippen molar-refractivity contribution in [2.24, 2.45) is 5.41 Å². The van der Waals surface area contributed by atoms with Crippen LogP contribution in [0.2, 0.25) is 5.02 Å². The van der Waals surface area contributed by atoms with E-state index in [-0.39, 0.29) is 5.41 Å². The number of halogens is 2. The summed E-state index contributed by atoms with van der Waals surface area (Å²) in [6.45, 7) is 5.18. The summed E-state index contributed by atoms with van der Waals surface area (Å²) >= 11 is 12.4. The Morgan fingerprint density at radius 2 is 2.00 bits per heavy atom. The second-order valence-corrected chi connectivity index (χ2v) is 5.87. The lowest BCUT2D eigenvalue weighted by Crippen LogP contribution is -2.24. The fourth-order valence-corrected chi connectivity index (χ4v) is 3.35. The molecule has 100 valence electrons. The lowest BCUT2D eigenvalue weighted by molar-refractivity contribution is 0.292. The Balaban J connectivity index is 2.34. The van der Waals surface area contributed by atoms with Crippen LogP contribution in [-0.2, 0) is 12.8 Å². The highest BCUT2D eigenvalue weighted by Crippen LogP contribution is 2.39. The summed E-state index contributed by atoms with van der Waals surface area (Å²) in [5.74, 6) is 1.73. The van der Waals surface area contributed by atoms with Crippen molar-refractivity contribution < 1.29 is 4.74 Å². The van der Waals surface area contributed by atoms with Crippen molar-refractivity contribution in [3.05, 3.63) is 28.3 Å². The first-order valence-corrected chi connectivity index (χ1v) is 7.55. The molecule has 0 N–H and O–H groups in total. The van der Waals surface area contributed by atoms with Gasteiger partial charge in [0.1, 0.15) is 5.75 Å². The molecule has 0 fully saturated rings. The maximum absolute atomic E-state index is 6.20. The van der Waals surface area contributed by atoms with Gasteiger partial charge in [-0.1, -0.05) is 25.4 Å². The van der Waals surface area contributed by atoms with Gasteiger partial charge in [-0.15, -0.1) is 11.6 Å². The number of hydrogen-bond acceptors (Lipinski definition) is 1. The number of ether oxygens (including phenoxy) is 1. The topological polar surface area (TPSA) is 9.23 Å². The van der Waals surface area contributed by atoms with E-state index >= 15 is 0 Å². The van der Waals surface area contributed by atoms with Gasteiger partial charge >= 0.3 is 0 Å². The van der Waals surface area contributed by atoms with E-state index in [0.29, 0.717) is 5.88 Å². The number of hydrogen-bond donors (Lipinski definition) is 0. The maximum Gasteiger partial charge on any atom is 0.125 e. The van der Waals surface area contributed by atoms with Gasteiger partial charge in [-0.3, -0.25) is 0 Å². The third-order valence-corrected chi connectivity index (χ3v) is 4.96. The first-order valence-electron chi connectivity index (χ1n) is 6.64. The molecule has 0 saturated heterocycles. The van der Waals surface area contributed by atoms with Crippen molar-refractivity contribution in [1.82, 2.24) is 0 Å². The minimum atomic E-state index is 0.159. The van der Waals surface area contributed by atoms with Crippen molar-refractivity contribution in [2.45, 2.75) is 39.5 Å². The quantitative estimate of drug-likeness (QED) is 0.702. The highest BCUT2D eigenvalue weighted by Gasteiger charge is 2.28. The van der Waals surface area contributed by atoms with Crippen LogP contribution in [0.5, 0.6) is 5.75 Å². The van der Waals surface area contributed by atoms with E-state index in [1.54, 1.807) is 0 Å². The first-order chi connectivity index (χ1) is 8.64. The Bertz CT molecular complexity index is 416. The molecule has 0 aromatic heterocycles. The van der Waals surface area contributed by atoms with E-state index in [4.69, 9.17) is 27.9 Å². The summed E-state index contributed by atoms with van der Waals surface area (Å²) < 4.78 is 5.76. The van der Waals surface area contributed by atoms with Crippen molar-refractivity contribution >= 4 is 23.2 Å².